The van der Waals surface area contributed by atoms with Gasteiger partial charge < -0.3 is 9.47 Å². The summed E-state index contributed by atoms with van der Waals surface area (Å²) in [6.45, 7) is 0. The summed E-state index contributed by atoms with van der Waals surface area (Å²) >= 11 is 1.32. The van der Waals surface area contributed by atoms with Crippen molar-refractivity contribution >= 4 is 23.1 Å². The Morgan fingerprint density at radius 1 is 0.909 bits per heavy atom. The maximum atomic E-state index is 13.7. The lowest BCUT2D eigenvalue weighted by molar-refractivity contribution is 0.393. The molecule has 6 nitrogen and oxygen atoms in total. The van der Waals surface area contributed by atoms with Crippen LogP contribution in [-0.4, -0.2) is 24.5 Å². The van der Waals surface area contributed by atoms with Gasteiger partial charge in [0.2, 0.25) is 4.80 Å². The summed E-state index contributed by atoms with van der Waals surface area (Å²) in [6, 6.07) is 24.9. The molecule has 1 atom stereocenters. The van der Waals surface area contributed by atoms with Crippen LogP contribution in [0.2, 0.25) is 0 Å². The molecule has 1 aliphatic rings. The molecule has 3 aromatic carbocycles. The van der Waals surface area contributed by atoms with Gasteiger partial charge in [0, 0.05) is 17.2 Å². The Morgan fingerprint density at radius 3 is 2.33 bits per heavy atom. The number of methoxy groups -OCH3 is 2. The monoisotopic (exact) mass is 455 g/mol. The maximum Gasteiger partial charge on any atom is 0.271 e. The van der Waals surface area contributed by atoms with Crippen molar-refractivity contribution in [1.82, 2.24) is 4.57 Å². The number of benzene rings is 3. The van der Waals surface area contributed by atoms with E-state index >= 15 is 0 Å². The molecule has 5 rings (SSSR count). The fraction of sp³-hybridized carbons (Fsp3) is 0.115. The first-order valence-corrected chi connectivity index (χ1v) is 11.2. The summed E-state index contributed by atoms with van der Waals surface area (Å²) in [6.07, 6.45) is 1.83. The van der Waals surface area contributed by atoms with Crippen LogP contribution in [0.3, 0.4) is 0 Å². The fourth-order valence-electron chi connectivity index (χ4n) is 3.90. The number of aromatic nitrogens is 1. The van der Waals surface area contributed by atoms with Gasteiger partial charge in [0.05, 0.1) is 24.5 Å². The molecule has 33 heavy (non-hydrogen) atoms. The fourth-order valence-corrected chi connectivity index (χ4v) is 4.84. The van der Waals surface area contributed by atoms with E-state index in [4.69, 9.17) is 9.47 Å². The number of rotatable bonds is 5. The molecule has 0 radical (unpaired) electrons. The smallest absolute Gasteiger partial charge is 0.271 e. The summed E-state index contributed by atoms with van der Waals surface area (Å²) in [5.41, 5.74) is 3.32. The van der Waals surface area contributed by atoms with Crippen LogP contribution >= 0.6 is 11.3 Å². The highest BCUT2D eigenvalue weighted by Gasteiger charge is 2.28. The summed E-state index contributed by atoms with van der Waals surface area (Å²) < 4.78 is 13.1. The summed E-state index contributed by atoms with van der Waals surface area (Å²) in [5.74, 6) is 1.31. The molecule has 0 spiro atoms. The van der Waals surface area contributed by atoms with E-state index in [2.05, 4.69) is 10.2 Å². The predicted molar refractivity (Wildman–Crippen MR) is 130 cm³/mol. The molecule has 164 valence electrons. The molecular formula is C26H21N3O3S. The highest BCUT2D eigenvalue weighted by Crippen LogP contribution is 2.26. The van der Waals surface area contributed by atoms with Gasteiger partial charge in [-0.3, -0.25) is 9.36 Å². The lowest BCUT2D eigenvalue weighted by Gasteiger charge is -2.22. The van der Waals surface area contributed by atoms with Crippen molar-refractivity contribution in [3.63, 3.8) is 0 Å². The van der Waals surface area contributed by atoms with E-state index in [0.717, 1.165) is 22.4 Å². The van der Waals surface area contributed by atoms with Crippen molar-refractivity contribution < 1.29 is 9.47 Å². The second-order valence-electron chi connectivity index (χ2n) is 7.44. The molecule has 1 aliphatic heterocycles. The number of fused-ring (bicyclic) bond motifs is 1. The third-order valence-electron chi connectivity index (χ3n) is 5.51. The first-order valence-electron chi connectivity index (χ1n) is 10.4. The number of hydrogen-bond acceptors (Lipinski definition) is 6. The molecule has 1 aromatic heterocycles. The van der Waals surface area contributed by atoms with Crippen molar-refractivity contribution in [2.45, 2.75) is 6.04 Å². The van der Waals surface area contributed by atoms with E-state index < -0.39 is 0 Å². The van der Waals surface area contributed by atoms with Crippen molar-refractivity contribution in [1.29, 1.82) is 0 Å². The second-order valence-corrected chi connectivity index (χ2v) is 8.45. The third-order valence-corrected chi connectivity index (χ3v) is 6.48. The van der Waals surface area contributed by atoms with Crippen LogP contribution in [-0.2, 0) is 0 Å². The Bertz CT molecular complexity index is 1510. The minimum absolute atomic E-state index is 0.117. The van der Waals surface area contributed by atoms with Gasteiger partial charge in [0.1, 0.15) is 17.5 Å². The first-order chi connectivity index (χ1) is 16.2. The Balaban J connectivity index is 1.70. The van der Waals surface area contributed by atoms with Crippen LogP contribution < -0.4 is 24.4 Å². The minimum Gasteiger partial charge on any atom is -0.497 e. The van der Waals surface area contributed by atoms with Gasteiger partial charge in [-0.15, -0.1) is 10.2 Å². The Hall–Kier alpha value is -3.97. The van der Waals surface area contributed by atoms with E-state index in [-0.39, 0.29) is 11.6 Å². The lowest BCUT2D eigenvalue weighted by atomic mass is 9.96. The normalized spacial score (nSPS) is 15.4. The van der Waals surface area contributed by atoms with Gasteiger partial charge in [0.15, 0.2) is 0 Å². The molecule has 0 fully saturated rings. The number of nitrogens with zero attached hydrogens (tertiary/aromatic N) is 3. The topological polar surface area (TPSA) is 65.2 Å². The molecule has 0 aliphatic carbocycles. The maximum absolute atomic E-state index is 13.7. The van der Waals surface area contributed by atoms with Crippen LogP contribution in [0.4, 0.5) is 0 Å². The highest BCUT2D eigenvalue weighted by molar-refractivity contribution is 7.07. The number of ether oxygens (including phenoxy) is 2. The zero-order valence-electron chi connectivity index (χ0n) is 18.1. The summed E-state index contributed by atoms with van der Waals surface area (Å²) in [4.78, 5) is 14.2. The summed E-state index contributed by atoms with van der Waals surface area (Å²) in [7, 11) is 3.20. The molecule has 0 saturated carbocycles. The largest absolute Gasteiger partial charge is 0.497 e. The van der Waals surface area contributed by atoms with Crippen molar-refractivity contribution in [2.24, 2.45) is 10.2 Å². The molecular weight excluding hydrogens is 434 g/mol. The molecule has 4 aromatic rings. The average molecular weight is 456 g/mol. The molecule has 7 heteroatoms. The number of hydrogen-bond donors (Lipinski definition) is 0. The van der Waals surface area contributed by atoms with Crippen molar-refractivity contribution in [3.05, 3.63) is 115 Å². The molecule has 0 N–H and O–H groups in total. The van der Waals surface area contributed by atoms with Crippen molar-refractivity contribution in [2.75, 3.05) is 14.2 Å². The predicted octanol–water partition coefficient (Wildman–Crippen LogP) is 3.38. The highest BCUT2D eigenvalue weighted by atomic mass is 32.1. The van der Waals surface area contributed by atoms with Gasteiger partial charge in [-0.1, -0.05) is 72.0 Å². The Labute approximate surface area is 194 Å². The molecule has 2 heterocycles. The van der Waals surface area contributed by atoms with Crippen LogP contribution in [0.1, 0.15) is 22.7 Å². The van der Waals surface area contributed by atoms with Gasteiger partial charge >= 0.3 is 0 Å². The summed E-state index contributed by atoms with van der Waals surface area (Å²) in [5, 5.41) is 8.97. The van der Waals surface area contributed by atoms with Crippen LogP contribution in [0, 0.1) is 0 Å². The zero-order valence-corrected chi connectivity index (χ0v) is 19.0. The van der Waals surface area contributed by atoms with Crippen molar-refractivity contribution in [3.8, 4) is 11.5 Å². The molecule has 0 amide bonds. The van der Waals surface area contributed by atoms with Gasteiger partial charge in [-0.05, 0) is 23.8 Å². The zero-order chi connectivity index (χ0) is 22.8. The van der Waals surface area contributed by atoms with E-state index in [9.17, 15) is 4.79 Å². The second kappa shape index (κ2) is 8.88. The minimum atomic E-state index is -0.371. The van der Waals surface area contributed by atoms with E-state index in [0.29, 0.717) is 20.8 Å². The molecule has 0 saturated heterocycles. The standard InChI is InChI=1S/C26H21N3O3S/c1-31-20-14-13-19(21(16-20)32-2)15-22-25(30)29-24(18-11-7-4-8-12-18)23(27-28-26(29)33-22)17-9-5-3-6-10-17/h3-16,24H,1-2H3/b22-15+/t24-/m1/s1. The van der Waals surface area contributed by atoms with Gasteiger partial charge in [-0.2, -0.15) is 0 Å². The van der Waals surface area contributed by atoms with E-state index in [1.807, 2.05) is 78.9 Å². The SMILES string of the molecule is COc1ccc(/C=c2/sc3n(c2=O)[C@H](c2ccccc2)C(c2ccccc2)=NN=3)c(OC)c1. The Morgan fingerprint density at radius 2 is 1.64 bits per heavy atom. The van der Waals surface area contributed by atoms with Crippen LogP contribution in [0.5, 0.6) is 11.5 Å². The third kappa shape index (κ3) is 3.87. The first kappa shape index (κ1) is 20.9. The van der Waals surface area contributed by atoms with E-state index in [1.54, 1.807) is 24.9 Å². The van der Waals surface area contributed by atoms with E-state index in [1.165, 1.54) is 11.3 Å². The quantitative estimate of drug-likeness (QED) is 0.463. The average Bonchev–Trinajstić information content (AvgIpc) is 3.19. The lowest BCUT2D eigenvalue weighted by Crippen LogP contribution is -2.40. The Kier molecular flexibility index (Phi) is 5.62. The van der Waals surface area contributed by atoms with Gasteiger partial charge in [-0.25, -0.2) is 0 Å². The molecule has 0 unspecified atom stereocenters. The van der Waals surface area contributed by atoms with Crippen LogP contribution in [0.25, 0.3) is 6.08 Å². The number of thiazole rings is 1. The van der Waals surface area contributed by atoms with Gasteiger partial charge in [0.25, 0.3) is 5.56 Å². The molecule has 0 bridgehead atoms. The van der Waals surface area contributed by atoms with Crippen LogP contribution in [0.15, 0.2) is 93.9 Å².